The van der Waals surface area contributed by atoms with Crippen LogP contribution in [0, 0.1) is 0 Å². The average Bonchev–Trinajstić information content (AvgIpc) is 3.32. The lowest BCUT2D eigenvalue weighted by atomic mass is 10.1. The molecular formula is C19H18N6O3. The third kappa shape index (κ3) is 3.13. The van der Waals surface area contributed by atoms with Crippen molar-refractivity contribution < 1.29 is 9.90 Å². The smallest absolute Gasteiger partial charge is 0.407 e. The number of aromatic nitrogens is 5. The number of carboxylic acid groups (broad SMARTS) is 1. The Morgan fingerprint density at radius 3 is 2.79 bits per heavy atom. The number of para-hydroxylation sites is 1. The second-order valence-corrected chi connectivity index (χ2v) is 6.37. The van der Waals surface area contributed by atoms with Gasteiger partial charge in [0.2, 0.25) is 0 Å². The number of amides is 1. The number of nitrogens with zero attached hydrogens (tertiary/aromatic N) is 5. The summed E-state index contributed by atoms with van der Waals surface area (Å²) in [5.41, 5.74) is 2.70. The molecule has 0 aliphatic rings. The van der Waals surface area contributed by atoms with Crippen LogP contribution in [0.3, 0.4) is 0 Å². The van der Waals surface area contributed by atoms with E-state index in [0.717, 1.165) is 11.3 Å². The molecule has 3 heterocycles. The van der Waals surface area contributed by atoms with Crippen LogP contribution < -0.4 is 5.56 Å². The Labute approximate surface area is 159 Å². The Morgan fingerprint density at radius 1 is 1.25 bits per heavy atom. The Morgan fingerprint density at radius 2 is 2.04 bits per heavy atom. The minimum absolute atomic E-state index is 0.229. The first-order valence-electron chi connectivity index (χ1n) is 8.65. The Balaban J connectivity index is 1.76. The van der Waals surface area contributed by atoms with E-state index in [4.69, 9.17) is 5.11 Å². The third-order valence-corrected chi connectivity index (χ3v) is 4.56. The standard InChI is InChI=1S/C19H18N6O3/c1-23(19(27)28)7-8-24-10-13(9-22-24)15-11-25(14-5-3-2-4-6-14)17-16(15)18(26)21-12-20-17/h2-6,9-12H,7-8H2,1H3,(H,27,28)(H,20,21,26). The molecule has 1 aromatic carbocycles. The van der Waals surface area contributed by atoms with Crippen molar-refractivity contribution in [1.82, 2.24) is 29.2 Å². The minimum Gasteiger partial charge on any atom is -0.465 e. The zero-order valence-electron chi connectivity index (χ0n) is 15.1. The number of aromatic amines is 1. The maximum Gasteiger partial charge on any atom is 0.407 e. The molecule has 0 aliphatic heterocycles. The molecule has 9 nitrogen and oxygen atoms in total. The van der Waals surface area contributed by atoms with E-state index in [1.807, 2.05) is 41.1 Å². The van der Waals surface area contributed by atoms with Crippen LogP contribution in [-0.4, -0.2) is 54.0 Å². The average molecular weight is 378 g/mol. The lowest BCUT2D eigenvalue weighted by Crippen LogP contribution is -2.28. The Kier molecular flexibility index (Phi) is 4.40. The second kappa shape index (κ2) is 7.03. The molecule has 0 bridgehead atoms. The van der Waals surface area contributed by atoms with E-state index >= 15 is 0 Å². The molecule has 4 rings (SSSR count). The van der Waals surface area contributed by atoms with Gasteiger partial charge < -0.3 is 19.6 Å². The molecule has 9 heteroatoms. The second-order valence-electron chi connectivity index (χ2n) is 6.37. The summed E-state index contributed by atoms with van der Waals surface area (Å²) in [6.07, 6.45) is 5.73. The Bertz CT molecular complexity index is 1190. The van der Waals surface area contributed by atoms with Crippen molar-refractivity contribution in [3.05, 3.63) is 65.6 Å². The number of hydrogen-bond acceptors (Lipinski definition) is 4. The lowest BCUT2D eigenvalue weighted by molar-refractivity contribution is 0.154. The van der Waals surface area contributed by atoms with Crippen LogP contribution in [-0.2, 0) is 6.54 Å². The van der Waals surface area contributed by atoms with Crippen molar-refractivity contribution in [3.63, 3.8) is 0 Å². The Hall–Kier alpha value is -3.88. The van der Waals surface area contributed by atoms with Crippen molar-refractivity contribution in [1.29, 1.82) is 0 Å². The first-order chi connectivity index (χ1) is 13.5. The number of H-pyrrole nitrogens is 1. The van der Waals surface area contributed by atoms with Gasteiger partial charge in [0.25, 0.3) is 5.56 Å². The van der Waals surface area contributed by atoms with Gasteiger partial charge in [0.15, 0.2) is 5.65 Å². The van der Waals surface area contributed by atoms with Crippen molar-refractivity contribution in [2.45, 2.75) is 6.54 Å². The molecule has 2 N–H and O–H groups in total. The largest absolute Gasteiger partial charge is 0.465 e. The van der Waals surface area contributed by atoms with Crippen LogP contribution in [0.15, 0.2) is 60.0 Å². The first kappa shape index (κ1) is 17.5. The number of fused-ring (bicyclic) bond motifs is 1. The molecule has 0 radical (unpaired) electrons. The molecule has 0 atom stereocenters. The van der Waals surface area contributed by atoms with Crippen molar-refractivity contribution in [2.24, 2.45) is 0 Å². The minimum atomic E-state index is -0.990. The molecule has 0 saturated heterocycles. The van der Waals surface area contributed by atoms with Crippen LogP contribution in [0.2, 0.25) is 0 Å². The maximum absolute atomic E-state index is 12.5. The normalized spacial score (nSPS) is 11.0. The highest BCUT2D eigenvalue weighted by atomic mass is 16.4. The van der Waals surface area contributed by atoms with E-state index in [1.165, 1.54) is 18.3 Å². The predicted octanol–water partition coefficient (Wildman–Crippen LogP) is 2.19. The summed E-state index contributed by atoms with van der Waals surface area (Å²) in [4.78, 5) is 31.6. The van der Waals surface area contributed by atoms with Gasteiger partial charge in [-0.25, -0.2) is 9.78 Å². The first-order valence-corrected chi connectivity index (χ1v) is 8.65. The summed E-state index contributed by atoms with van der Waals surface area (Å²) in [6.45, 7) is 0.721. The molecule has 0 saturated carbocycles. The fourth-order valence-corrected chi connectivity index (χ4v) is 3.05. The molecular weight excluding hydrogens is 360 g/mol. The third-order valence-electron chi connectivity index (χ3n) is 4.56. The van der Waals surface area contributed by atoms with Crippen molar-refractivity contribution in [3.8, 4) is 16.8 Å². The van der Waals surface area contributed by atoms with Gasteiger partial charge in [0.1, 0.15) is 0 Å². The molecule has 0 unspecified atom stereocenters. The van der Waals surface area contributed by atoms with Gasteiger partial charge in [-0.05, 0) is 12.1 Å². The highest BCUT2D eigenvalue weighted by Gasteiger charge is 2.17. The lowest BCUT2D eigenvalue weighted by Gasteiger charge is -2.12. The van der Waals surface area contributed by atoms with Crippen LogP contribution in [0.1, 0.15) is 0 Å². The van der Waals surface area contributed by atoms with Crippen LogP contribution in [0.25, 0.3) is 27.8 Å². The van der Waals surface area contributed by atoms with E-state index in [-0.39, 0.29) is 5.56 Å². The molecule has 4 aromatic rings. The fourth-order valence-electron chi connectivity index (χ4n) is 3.05. The molecule has 28 heavy (non-hydrogen) atoms. The quantitative estimate of drug-likeness (QED) is 0.553. The van der Waals surface area contributed by atoms with E-state index in [9.17, 15) is 9.59 Å². The van der Waals surface area contributed by atoms with Gasteiger partial charge in [-0.3, -0.25) is 9.48 Å². The van der Waals surface area contributed by atoms with Crippen LogP contribution in [0.5, 0.6) is 0 Å². The number of rotatable bonds is 5. The highest BCUT2D eigenvalue weighted by Crippen LogP contribution is 2.29. The maximum atomic E-state index is 12.5. The van der Waals surface area contributed by atoms with E-state index < -0.39 is 6.09 Å². The summed E-state index contributed by atoms with van der Waals surface area (Å²) in [7, 11) is 1.51. The van der Waals surface area contributed by atoms with E-state index in [2.05, 4.69) is 15.1 Å². The van der Waals surface area contributed by atoms with E-state index in [0.29, 0.717) is 29.7 Å². The van der Waals surface area contributed by atoms with Crippen LogP contribution in [0.4, 0.5) is 4.79 Å². The summed E-state index contributed by atoms with van der Waals surface area (Å²) in [5.74, 6) is 0. The molecule has 142 valence electrons. The van der Waals surface area contributed by atoms with Gasteiger partial charge in [0, 0.05) is 42.8 Å². The van der Waals surface area contributed by atoms with Crippen molar-refractivity contribution >= 4 is 17.1 Å². The number of carbonyl (C=O) groups is 1. The zero-order chi connectivity index (χ0) is 19.7. The zero-order valence-corrected chi connectivity index (χ0v) is 15.1. The topological polar surface area (TPSA) is 109 Å². The van der Waals surface area contributed by atoms with Gasteiger partial charge in [-0.1, -0.05) is 18.2 Å². The fraction of sp³-hybridized carbons (Fsp3) is 0.158. The SMILES string of the molecule is CN(CCn1cc(-c2cn(-c3ccccc3)c3nc[nH]c(=O)c23)cn1)C(=O)O. The molecule has 0 aliphatic carbocycles. The number of nitrogens with one attached hydrogen (secondary N) is 1. The number of likely N-dealkylation sites (N-methyl/N-ethyl adjacent to an activating group) is 1. The summed E-state index contributed by atoms with van der Waals surface area (Å²) >= 11 is 0. The summed E-state index contributed by atoms with van der Waals surface area (Å²) < 4.78 is 3.53. The predicted molar refractivity (Wildman–Crippen MR) is 104 cm³/mol. The number of benzene rings is 1. The van der Waals surface area contributed by atoms with Crippen LogP contribution >= 0.6 is 0 Å². The van der Waals surface area contributed by atoms with Gasteiger partial charge in [0.05, 0.1) is 24.5 Å². The molecule has 0 spiro atoms. The summed E-state index contributed by atoms with van der Waals surface area (Å²) in [5, 5.41) is 13.7. The van der Waals surface area contributed by atoms with Gasteiger partial charge >= 0.3 is 6.09 Å². The monoisotopic (exact) mass is 378 g/mol. The molecule has 3 aromatic heterocycles. The molecule has 1 amide bonds. The summed E-state index contributed by atoms with van der Waals surface area (Å²) in [6, 6.07) is 9.65. The van der Waals surface area contributed by atoms with Crippen molar-refractivity contribution in [2.75, 3.05) is 13.6 Å². The van der Waals surface area contributed by atoms with E-state index in [1.54, 1.807) is 17.1 Å². The molecule has 0 fully saturated rings. The highest BCUT2D eigenvalue weighted by molar-refractivity contribution is 5.94. The van der Waals surface area contributed by atoms with Gasteiger partial charge in [-0.15, -0.1) is 0 Å². The number of hydrogen-bond donors (Lipinski definition) is 2. The van der Waals surface area contributed by atoms with Gasteiger partial charge in [-0.2, -0.15) is 5.10 Å².